The van der Waals surface area contributed by atoms with Crippen LogP contribution in [0.25, 0.3) is 16.9 Å². The smallest absolute Gasteiger partial charge is 0.270 e. The monoisotopic (exact) mass is 430 g/mol. The summed E-state index contributed by atoms with van der Waals surface area (Å²) < 4.78 is 1.67. The van der Waals surface area contributed by atoms with E-state index >= 15 is 0 Å². The first-order chi connectivity index (χ1) is 15.6. The quantitative estimate of drug-likeness (QED) is 0.356. The first kappa shape index (κ1) is 19.5. The molecule has 4 aromatic rings. The fourth-order valence-corrected chi connectivity index (χ4v) is 3.77. The number of piperazine rings is 1. The highest BCUT2D eigenvalue weighted by atomic mass is 16.6. The average molecular weight is 430 g/mol. The van der Waals surface area contributed by atoms with Crippen molar-refractivity contribution in [1.82, 2.24) is 29.9 Å². The highest BCUT2D eigenvalue weighted by Gasteiger charge is 2.26. The number of hydrogen-bond donors (Lipinski definition) is 0. The summed E-state index contributed by atoms with van der Waals surface area (Å²) in [5.41, 5.74) is 2.26. The Morgan fingerprint density at radius 2 is 1.75 bits per heavy atom. The zero-order valence-corrected chi connectivity index (χ0v) is 16.9. The maximum Gasteiger partial charge on any atom is 0.270 e. The lowest BCUT2D eigenvalue weighted by atomic mass is 10.1. The van der Waals surface area contributed by atoms with E-state index in [2.05, 4.69) is 20.3 Å². The van der Waals surface area contributed by atoms with Gasteiger partial charge in [0.2, 0.25) is 0 Å². The van der Waals surface area contributed by atoms with Crippen molar-refractivity contribution in [2.24, 2.45) is 0 Å². The van der Waals surface area contributed by atoms with E-state index in [1.807, 2.05) is 35.2 Å². The van der Waals surface area contributed by atoms with Gasteiger partial charge in [0.1, 0.15) is 6.33 Å². The Morgan fingerprint density at radius 3 is 2.50 bits per heavy atom. The number of para-hydroxylation sites is 1. The van der Waals surface area contributed by atoms with Gasteiger partial charge in [0.15, 0.2) is 17.0 Å². The third-order valence-electron chi connectivity index (χ3n) is 5.39. The lowest BCUT2D eigenvalue weighted by Crippen LogP contribution is -2.49. The van der Waals surface area contributed by atoms with E-state index < -0.39 is 4.92 Å². The molecule has 0 radical (unpaired) electrons. The normalized spacial score (nSPS) is 14.0. The molecule has 1 aliphatic heterocycles. The number of rotatable bonds is 4. The van der Waals surface area contributed by atoms with E-state index in [-0.39, 0.29) is 11.6 Å². The number of carbonyl (C=O) groups excluding carboxylic acids is 1. The highest BCUT2D eigenvalue weighted by molar-refractivity contribution is 5.95. The number of nitro groups is 1. The van der Waals surface area contributed by atoms with E-state index in [0.717, 1.165) is 5.69 Å². The van der Waals surface area contributed by atoms with Gasteiger partial charge < -0.3 is 9.80 Å². The lowest BCUT2D eigenvalue weighted by Gasteiger charge is -2.35. The van der Waals surface area contributed by atoms with Crippen molar-refractivity contribution in [3.05, 3.63) is 76.6 Å². The molecule has 0 bridgehead atoms. The van der Waals surface area contributed by atoms with Crippen LogP contribution in [0.1, 0.15) is 10.4 Å². The molecule has 5 rings (SSSR count). The number of carbonyl (C=O) groups is 1. The van der Waals surface area contributed by atoms with E-state index in [4.69, 9.17) is 0 Å². The molecule has 1 fully saturated rings. The number of aromatic nitrogens is 5. The predicted molar refractivity (Wildman–Crippen MR) is 116 cm³/mol. The van der Waals surface area contributed by atoms with Crippen molar-refractivity contribution < 1.29 is 9.72 Å². The number of fused-ring (bicyclic) bond motifs is 1. The number of hydrogen-bond acceptors (Lipinski definition) is 8. The number of nitrogens with zero attached hydrogens (tertiary/aromatic N) is 8. The number of benzene rings is 2. The first-order valence-electron chi connectivity index (χ1n) is 10.0. The van der Waals surface area contributed by atoms with Gasteiger partial charge in [-0.05, 0) is 18.2 Å². The molecule has 11 nitrogen and oxygen atoms in total. The van der Waals surface area contributed by atoms with Crippen LogP contribution in [0.2, 0.25) is 0 Å². The van der Waals surface area contributed by atoms with Gasteiger partial charge in [0, 0.05) is 43.9 Å². The van der Waals surface area contributed by atoms with Crippen LogP contribution >= 0.6 is 0 Å². The molecular weight excluding hydrogens is 412 g/mol. The zero-order valence-electron chi connectivity index (χ0n) is 16.9. The number of nitro benzene ring substituents is 1. The van der Waals surface area contributed by atoms with Crippen molar-refractivity contribution in [2.75, 3.05) is 31.1 Å². The molecule has 32 heavy (non-hydrogen) atoms. The molecule has 3 heterocycles. The Kier molecular flexibility index (Phi) is 4.90. The maximum atomic E-state index is 12.8. The van der Waals surface area contributed by atoms with Crippen molar-refractivity contribution in [3.63, 3.8) is 0 Å². The van der Waals surface area contributed by atoms with Crippen LogP contribution in [-0.2, 0) is 0 Å². The average Bonchev–Trinajstić information content (AvgIpc) is 3.29. The topological polar surface area (TPSA) is 123 Å². The minimum Gasteiger partial charge on any atom is -0.351 e. The van der Waals surface area contributed by atoms with Gasteiger partial charge in [-0.15, -0.1) is 5.10 Å². The van der Waals surface area contributed by atoms with Crippen molar-refractivity contribution in [2.45, 2.75) is 0 Å². The zero-order chi connectivity index (χ0) is 22.1. The van der Waals surface area contributed by atoms with Gasteiger partial charge in [-0.3, -0.25) is 14.9 Å². The Morgan fingerprint density at radius 1 is 0.969 bits per heavy atom. The lowest BCUT2D eigenvalue weighted by molar-refractivity contribution is -0.384. The Hall–Kier alpha value is -4.41. The Balaban J connectivity index is 1.34. The second-order valence-corrected chi connectivity index (χ2v) is 7.29. The molecule has 0 N–H and O–H groups in total. The number of amides is 1. The van der Waals surface area contributed by atoms with Gasteiger partial charge in [-0.25, -0.2) is 9.97 Å². The van der Waals surface area contributed by atoms with Gasteiger partial charge in [-0.1, -0.05) is 29.5 Å². The summed E-state index contributed by atoms with van der Waals surface area (Å²) in [6, 6.07) is 15.4. The number of anilines is 1. The van der Waals surface area contributed by atoms with Gasteiger partial charge >= 0.3 is 0 Å². The van der Waals surface area contributed by atoms with Crippen molar-refractivity contribution in [3.8, 4) is 5.69 Å². The van der Waals surface area contributed by atoms with Crippen LogP contribution in [0.5, 0.6) is 0 Å². The predicted octanol–water partition coefficient (Wildman–Crippen LogP) is 2.08. The molecule has 0 spiro atoms. The van der Waals surface area contributed by atoms with Crippen molar-refractivity contribution >= 4 is 28.6 Å². The molecular formula is C21H18N8O3. The summed E-state index contributed by atoms with van der Waals surface area (Å²) in [6.45, 7) is 2.01. The number of non-ortho nitro benzene ring substituents is 1. The third-order valence-corrected chi connectivity index (χ3v) is 5.39. The van der Waals surface area contributed by atoms with Gasteiger partial charge in [0.25, 0.3) is 11.6 Å². The Bertz CT molecular complexity index is 1300. The minimum atomic E-state index is -0.502. The fraction of sp³-hybridized carbons (Fsp3) is 0.190. The summed E-state index contributed by atoms with van der Waals surface area (Å²) in [6.07, 6.45) is 1.49. The van der Waals surface area contributed by atoms with Crippen LogP contribution in [-0.4, -0.2) is 66.9 Å². The van der Waals surface area contributed by atoms with E-state index in [1.54, 1.807) is 15.6 Å². The van der Waals surface area contributed by atoms with Crippen LogP contribution in [0, 0.1) is 10.1 Å². The third kappa shape index (κ3) is 3.49. The van der Waals surface area contributed by atoms with Crippen LogP contribution in [0.3, 0.4) is 0 Å². The molecule has 0 atom stereocenters. The van der Waals surface area contributed by atoms with Crippen LogP contribution < -0.4 is 4.90 Å². The molecule has 0 saturated carbocycles. The molecule has 1 saturated heterocycles. The molecule has 0 aliphatic carbocycles. The molecule has 1 aliphatic rings. The summed E-state index contributed by atoms with van der Waals surface area (Å²) in [5, 5.41) is 19.5. The van der Waals surface area contributed by atoms with Gasteiger partial charge in [-0.2, -0.15) is 4.68 Å². The first-order valence-corrected chi connectivity index (χ1v) is 10.0. The SMILES string of the molecule is O=C(c1cccc([N+](=O)[O-])c1)N1CCN(c2ncnc3c2nnn3-c2ccccc2)CC1. The highest BCUT2D eigenvalue weighted by Crippen LogP contribution is 2.24. The van der Waals surface area contributed by atoms with Crippen molar-refractivity contribution in [1.29, 1.82) is 0 Å². The largest absolute Gasteiger partial charge is 0.351 e. The standard InChI is InChI=1S/C21H18N8O3/c30-21(15-5-4-8-17(13-15)29(31)32)27-11-9-26(10-12-27)19-18-20(23-14-22-19)28(25-24-18)16-6-2-1-3-7-16/h1-8,13-14H,9-12H2. The summed E-state index contributed by atoms with van der Waals surface area (Å²) in [4.78, 5) is 35.8. The Labute approximate surface area is 182 Å². The molecule has 2 aromatic carbocycles. The second-order valence-electron chi connectivity index (χ2n) is 7.29. The second kappa shape index (κ2) is 8.02. The molecule has 11 heteroatoms. The summed E-state index contributed by atoms with van der Waals surface area (Å²) >= 11 is 0. The molecule has 0 unspecified atom stereocenters. The molecule has 160 valence electrons. The van der Waals surface area contributed by atoms with E-state index in [9.17, 15) is 14.9 Å². The van der Waals surface area contributed by atoms with Crippen LogP contribution in [0.15, 0.2) is 60.9 Å². The van der Waals surface area contributed by atoms with E-state index in [0.29, 0.717) is 48.7 Å². The maximum absolute atomic E-state index is 12.8. The fourth-order valence-electron chi connectivity index (χ4n) is 3.77. The van der Waals surface area contributed by atoms with Gasteiger partial charge in [0.05, 0.1) is 10.6 Å². The van der Waals surface area contributed by atoms with Crippen LogP contribution in [0.4, 0.5) is 11.5 Å². The summed E-state index contributed by atoms with van der Waals surface area (Å²) in [7, 11) is 0. The van der Waals surface area contributed by atoms with E-state index in [1.165, 1.54) is 24.5 Å². The minimum absolute atomic E-state index is 0.0978. The molecule has 1 amide bonds. The molecule has 2 aromatic heterocycles. The summed E-state index contributed by atoms with van der Waals surface area (Å²) in [5.74, 6) is 0.441.